The van der Waals surface area contributed by atoms with Gasteiger partial charge in [-0.2, -0.15) is 0 Å². The molecule has 0 fully saturated rings. The maximum Gasteiger partial charge on any atom is 0.122 e. The van der Waals surface area contributed by atoms with Crippen LogP contribution in [-0.2, 0) is 13.2 Å². The second-order valence-electron chi connectivity index (χ2n) is 9.73. The normalized spacial score (nSPS) is 15.2. The van der Waals surface area contributed by atoms with Crippen LogP contribution in [0.1, 0.15) is 64.6 Å². The van der Waals surface area contributed by atoms with Crippen LogP contribution < -0.4 is 9.47 Å². The molecule has 35 heavy (non-hydrogen) atoms. The number of nitrogens with zero attached hydrogens (tertiary/aromatic N) is 2. The van der Waals surface area contributed by atoms with E-state index in [9.17, 15) is 0 Å². The van der Waals surface area contributed by atoms with E-state index in [1.807, 2.05) is 0 Å². The summed E-state index contributed by atoms with van der Waals surface area (Å²) in [5.41, 5.74) is 10.7. The molecular weight excluding hydrogens is 432 g/mol. The summed E-state index contributed by atoms with van der Waals surface area (Å²) in [7, 11) is 0. The molecular formula is C31H34N2O2. The Morgan fingerprint density at radius 3 is 1.51 bits per heavy atom. The summed E-state index contributed by atoms with van der Waals surface area (Å²) in [6.45, 7) is 9.31. The zero-order valence-electron chi connectivity index (χ0n) is 21.1. The van der Waals surface area contributed by atoms with E-state index in [-0.39, 0.29) is 0 Å². The Hall–Kier alpha value is -3.40. The van der Waals surface area contributed by atoms with Crippen LogP contribution in [0.25, 0.3) is 0 Å². The smallest absolute Gasteiger partial charge is 0.122 e. The molecule has 3 aromatic rings. The highest BCUT2D eigenvalue weighted by molar-refractivity contribution is 6.02. The zero-order valence-corrected chi connectivity index (χ0v) is 21.1. The standard InChI is InChI=1S/C31H34N2O2/c1-21-14-24(19-34-30-10-8-26(16-22(30)2)28-6-4-12-32-28)18-25(15-21)20-35-31-11-9-27(17-23(31)3)29-7-5-13-33-29/h8-11,14-18H,4-7,12-13,19-20H2,1-3H3. The summed E-state index contributed by atoms with van der Waals surface area (Å²) in [5.74, 6) is 1.85. The fourth-order valence-electron chi connectivity index (χ4n) is 4.97. The average Bonchev–Trinajstić information content (AvgIpc) is 3.57. The number of hydrogen-bond acceptors (Lipinski definition) is 4. The van der Waals surface area contributed by atoms with Gasteiger partial charge in [0.25, 0.3) is 0 Å². The van der Waals surface area contributed by atoms with Crippen molar-refractivity contribution in [1.82, 2.24) is 0 Å². The number of aryl methyl sites for hydroxylation is 3. The van der Waals surface area contributed by atoms with Gasteiger partial charge in [0.15, 0.2) is 0 Å². The number of rotatable bonds is 8. The highest BCUT2D eigenvalue weighted by atomic mass is 16.5. The van der Waals surface area contributed by atoms with Gasteiger partial charge in [-0.1, -0.05) is 17.7 Å². The summed E-state index contributed by atoms with van der Waals surface area (Å²) in [6, 6.07) is 19.4. The largest absolute Gasteiger partial charge is 0.489 e. The minimum atomic E-state index is 0.533. The van der Waals surface area contributed by atoms with Gasteiger partial charge in [0.05, 0.1) is 0 Å². The van der Waals surface area contributed by atoms with Crippen LogP contribution in [0.15, 0.2) is 64.6 Å². The van der Waals surface area contributed by atoms with Gasteiger partial charge in [-0.05, 0) is 122 Å². The molecule has 0 unspecified atom stereocenters. The Balaban J connectivity index is 1.22. The highest BCUT2D eigenvalue weighted by Crippen LogP contribution is 2.25. The molecule has 2 aliphatic rings. The van der Waals surface area contributed by atoms with Gasteiger partial charge in [-0.25, -0.2) is 0 Å². The maximum absolute atomic E-state index is 6.20. The molecule has 0 spiro atoms. The first-order valence-electron chi connectivity index (χ1n) is 12.7. The summed E-state index contributed by atoms with van der Waals surface area (Å²) in [6.07, 6.45) is 4.47. The van der Waals surface area contributed by atoms with Crippen LogP contribution in [0.5, 0.6) is 11.5 Å². The Morgan fingerprint density at radius 2 is 1.11 bits per heavy atom. The van der Waals surface area contributed by atoms with E-state index in [1.165, 1.54) is 28.1 Å². The summed E-state index contributed by atoms with van der Waals surface area (Å²) < 4.78 is 12.4. The Morgan fingerprint density at radius 1 is 0.629 bits per heavy atom. The lowest BCUT2D eigenvalue weighted by Crippen LogP contribution is -2.03. The van der Waals surface area contributed by atoms with Crippen molar-refractivity contribution in [1.29, 1.82) is 0 Å². The van der Waals surface area contributed by atoms with Crippen LogP contribution in [-0.4, -0.2) is 24.5 Å². The van der Waals surface area contributed by atoms with Crippen molar-refractivity contribution in [3.8, 4) is 11.5 Å². The third-order valence-corrected chi connectivity index (χ3v) is 6.75. The maximum atomic E-state index is 6.20. The van der Waals surface area contributed by atoms with Crippen molar-refractivity contribution in [2.24, 2.45) is 9.98 Å². The topological polar surface area (TPSA) is 43.2 Å². The molecule has 0 aliphatic carbocycles. The molecule has 0 radical (unpaired) electrons. The second-order valence-corrected chi connectivity index (χ2v) is 9.73. The number of aliphatic imine (C=N–C) groups is 2. The fraction of sp³-hybridized carbons (Fsp3) is 0.355. The molecule has 3 aromatic carbocycles. The second kappa shape index (κ2) is 10.5. The lowest BCUT2D eigenvalue weighted by atomic mass is 10.0. The number of hydrogen-bond donors (Lipinski definition) is 0. The molecule has 5 rings (SSSR count). The third kappa shape index (κ3) is 5.64. The SMILES string of the molecule is Cc1cc(COc2ccc(C3=NCCC3)cc2C)cc(COc2ccc(C3=NCCC3)cc2C)c1. The monoisotopic (exact) mass is 466 g/mol. The molecule has 4 heteroatoms. The minimum Gasteiger partial charge on any atom is -0.489 e. The Labute approximate surface area is 208 Å². The lowest BCUT2D eigenvalue weighted by Gasteiger charge is -2.14. The van der Waals surface area contributed by atoms with E-state index >= 15 is 0 Å². The molecule has 4 nitrogen and oxygen atoms in total. The van der Waals surface area contributed by atoms with Crippen LogP contribution in [0.3, 0.4) is 0 Å². The summed E-state index contributed by atoms with van der Waals surface area (Å²) in [5, 5.41) is 0. The quantitative estimate of drug-likeness (QED) is 0.361. The van der Waals surface area contributed by atoms with Gasteiger partial charge in [-0.15, -0.1) is 0 Å². The van der Waals surface area contributed by atoms with Crippen LogP contribution >= 0.6 is 0 Å². The molecule has 0 amide bonds. The number of benzene rings is 3. The van der Waals surface area contributed by atoms with Gasteiger partial charge < -0.3 is 9.47 Å². The molecule has 180 valence electrons. The van der Waals surface area contributed by atoms with Crippen LogP contribution in [0.4, 0.5) is 0 Å². The van der Waals surface area contributed by atoms with E-state index in [2.05, 4.69) is 85.4 Å². The van der Waals surface area contributed by atoms with Gasteiger partial charge in [0.2, 0.25) is 0 Å². The molecule has 0 bridgehead atoms. The van der Waals surface area contributed by atoms with Crippen molar-refractivity contribution in [2.45, 2.75) is 59.7 Å². The first-order chi connectivity index (χ1) is 17.0. The molecule has 0 atom stereocenters. The van der Waals surface area contributed by atoms with Crippen molar-refractivity contribution in [3.05, 3.63) is 93.5 Å². The average molecular weight is 467 g/mol. The molecule has 2 aliphatic heterocycles. The first-order valence-corrected chi connectivity index (χ1v) is 12.7. The molecule has 2 heterocycles. The number of ether oxygens (including phenoxy) is 2. The Bertz CT molecular complexity index is 1190. The van der Waals surface area contributed by atoms with E-state index in [0.29, 0.717) is 13.2 Å². The zero-order chi connectivity index (χ0) is 24.2. The molecule has 0 saturated heterocycles. The van der Waals surface area contributed by atoms with Crippen LogP contribution in [0, 0.1) is 20.8 Å². The fourth-order valence-corrected chi connectivity index (χ4v) is 4.97. The van der Waals surface area contributed by atoms with E-state index in [4.69, 9.17) is 9.47 Å². The third-order valence-electron chi connectivity index (χ3n) is 6.75. The van der Waals surface area contributed by atoms with Gasteiger partial charge in [0.1, 0.15) is 24.7 Å². The Kier molecular flexibility index (Phi) is 6.98. The van der Waals surface area contributed by atoms with E-state index < -0.39 is 0 Å². The highest BCUT2D eigenvalue weighted by Gasteiger charge is 2.12. The van der Waals surface area contributed by atoms with Gasteiger partial charge >= 0.3 is 0 Å². The van der Waals surface area contributed by atoms with E-state index in [1.54, 1.807) is 0 Å². The lowest BCUT2D eigenvalue weighted by molar-refractivity contribution is 0.297. The molecule has 0 N–H and O–H groups in total. The summed E-state index contributed by atoms with van der Waals surface area (Å²) in [4.78, 5) is 9.23. The summed E-state index contributed by atoms with van der Waals surface area (Å²) >= 11 is 0. The van der Waals surface area contributed by atoms with Gasteiger partial charge in [-0.3, -0.25) is 9.98 Å². The van der Waals surface area contributed by atoms with Gasteiger partial charge in [0, 0.05) is 24.5 Å². The predicted molar refractivity (Wildman–Crippen MR) is 143 cm³/mol. The molecule has 0 aromatic heterocycles. The predicted octanol–water partition coefficient (Wildman–Crippen LogP) is 6.94. The molecule has 0 saturated carbocycles. The first kappa shape index (κ1) is 23.3. The van der Waals surface area contributed by atoms with E-state index in [0.717, 1.165) is 72.5 Å². The minimum absolute atomic E-state index is 0.533. The van der Waals surface area contributed by atoms with Crippen molar-refractivity contribution >= 4 is 11.4 Å². The van der Waals surface area contributed by atoms with Crippen molar-refractivity contribution in [3.63, 3.8) is 0 Å². The van der Waals surface area contributed by atoms with Crippen molar-refractivity contribution < 1.29 is 9.47 Å². The van der Waals surface area contributed by atoms with Crippen molar-refractivity contribution in [2.75, 3.05) is 13.1 Å². The van der Waals surface area contributed by atoms with Crippen LogP contribution in [0.2, 0.25) is 0 Å².